The van der Waals surface area contributed by atoms with Crippen molar-refractivity contribution < 1.29 is 14.5 Å². The molecule has 2 amide bonds. The second-order valence-corrected chi connectivity index (χ2v) is 5.31. The lowest BCUT2D eigenvalue weighted by Crippen LogP contribution is -2.45. The molecule has 2 N–H and O–H groups in total. The Labute approximate surface area is 125 Å². The topological polar surface area (TPSA) is 101 Å². The summed E-state index contributed by atoms with van der Waals surface area (Å²) in [7, 11) is 0. The number of carbonyl (C=O) groups is 2. The average Bonchev–Trinajstić information content (AvgIpc) is 3.22. The lowest BCUT2D eigenvalue weighted by atomic mass is 10.1. The molecule has 21 heavy (non-hydrogen) atoms. The fourth-order valence-corrected chi connectivity index (χ4v) is 1.88. The highest BCUT2D eigenvalue weighted by atomic mass is 35.5. The van der Waals surface area contributed by atoms with E-state index in [1.165, 1.54) is 12.1 Å². The SMILES string of the molecule is C[C@H](NC(=O)c1ccc(Cl)c([N+](=O)[O-])c1)C(=O)NC1CC1. The van der Waals surface area contributed by atoms with Crippen LogP contribution in [0.25, 0.3) is 0 Å². The summed E-state index contributed by atoms with van der Waals surface area (Å²) in [5, 5.41) is 16.0. The molecule has 0 bridgehead atoms. The molecule has 0 heterocycles. The van der Waals surface area contributed by atoms with Gasteiger partial charge in [0.05, 0.1) is 4.92 Å². The molecule has 1 aromatic carbocycles. The van der Waals surface area contributed by atoms with Gasteiger partial charge >= 0.3 is 0 Å². The standard InChI is InChI=1S/C13H14ClN3O4/c1-7(12(18)16-9-3-4-9)15-13(19)8-2-5-10(14)11(6-8)17(20)21/h2,5-7,9H,3-4H2,1H3,(H,15,19)(H,16,18)/t7-/m0/s1. The number of halogens is 1. The summed E-state index contributed by atoms with van der Waals surface area (Å²) in [6.07, 6.45) is 1.91. The fraction of sp³-hybridized carbons (Fsp3) is 0.385. The van der Waals surface area contributed by atoms with Crippen molar-refractivity contribution in [3.8, 4) is 0 Å². The second-order valence-electron chi connectivity index (χ2n) is 4.90. The zero-order valence-electron chi connectivity index (χ0n) is 11.3. The summed E-state index contributed by atoms with van der Waals surface area (Å²) in [5.41, 5.74) is -0.267. The molecule has 2 rings (SSSR count). The van der Waals surface area contributed by atoms with Gasteiger partial charge in [0.25, 0.3) is 11.6 Å². The van der Waals surface area contributed by atoms with Gasteiger partial charge in [-0.1, -0.05) is 11.6 Å². The quantitative estimate of drug-likeness (QED) is 0.637. The van der Waals surface area contributed by atoms with Crippen molar-refractivity contribution in [1.82, 2.24) is 10.6 Å². The number of hydrogen-bond donors (Lipinski definition) is 2. The van der Waals surface area contributed by atoms with Crippen LogP contribution in [0.15, 0.2) is 18.2 Å². The smallest absolute Gasteiger partial charge is 0.288 e. The maximum Gasteiger partial charge on any atom is 0.288 e. The van der Waals surface area contributed by atoms with Gasteiger partial charge in [-0.15, -0.1) is 0 Å². The molecule has 8 heteroatoms. The molecular weight excluding hydrogens is 298 g/mol. The van der Waals surface area contributed by atoms with E-state index in [9.17, 15) is 19.7 Å². The van der Waals surface area contributed by atoms with E-state index in [-0.39, 0.29) is 28.2 Å². The van der Waals surface area contributed by atoms with E-state index in [0.717, 1.165) is 18.9 Å². The van der Waals surface area contributed by atoms with Crippen LogP contribution in [-0.4, -0.2) is 28.8 Å². The maximum atomic E-state index is 12.0. The Kier molecular flexibility index (Phi) is 4.42. The molecule has 7 nitrogen and oxygen atoms in total. The molecule has 0 aliphatic heterocycles. The van der Waals surface area contributed by atoms with Crippen molar-refractivity contribution in [2.75, 3.05) is 0 Å². The molecule has 0 aromatic heterocycles. The van der Waals surface area contributed by atoms with Gasteiger partial charge in [-0.05, 0) is 31.9 Å². The predicted molar refractivity (Wildman–Crippen MR) is 76.2 cm³/mol. The molecular formula is C13H14ClN3O4. The van der Waals surface area contributed by atoms with Crippen molar-refractivity contribution in [1.29, 1.82) is 0 Å². The largest absolute Gasteiger partial charge is 0.352 e. The summed E-state index contributed by atoms with van der Waals surface area (Å²) in [6, 6.07) is 3.23. The number of nitro groups is 1. The first-order valence-corrected chi connectivity index (χ1v) is 6.81. The van der Waals surface area contributed by atoms with Crippen LogP contribution in [0, 0.1) is 10.1 Å². The van der Waals surface area contributed by atoms with Gasteiger partial charge in [-0.2, -0.15) is 0 Å². The fourth-order valence-electron chi connectivity index (χ4n) is 1.69. The Balaban J connectivity index is 2.03. The summed E-state index contributed by atoms with van der Waals surface area (Å²) >= 11 is 5.68. The van der Waals surface area contributed by atoms with Crippen LogP contribution in [0.1, 0.15) is 30.1 Å². The van der Waals surface area contributed by atoms with Crippen molar-refractivity contribution in [2.24, 2.45) is 0 Å². The average molecular weight is 312 g/mol. The zero-order valence-corrected chi connectivity index (χ0v) is 12.0. The lowest BCUT2D eigenvalue weighted by Gasteiger charge is -2.13. The number of amides is 2. The molecule has 0 spiro atoms. The van der Waals surface area contributed by atoms with E-state index in [4.69, 9.17) is 11.6 Å². The van der Waals surface area contributed by atoms with E-state index in [2.05, 4.69) is 10.6 Å². The number of nitrogens with zero attached hydrogens (tertiary/aromatic N) is 1. The summed E-state index contributed by atoms with van der Waals surface area (Å²) in [6.45, 7) is 1.56. The van der Waals surface area contributed by atoms with Crippen LogP contribution >= 0.6 is 11.6 Å². The van der Waals surface area contributed by atoms with Gasteiger partial charge in [0.15, 0.2) is 0 Å². The Morgan fingerprint density at radius 1 is 1.43 bits per heavy atom. The Bertz CT molecular complexity index is 601. The molecule has 1 fully saturated rings. The highest BCUT2D eigenvalue weighted by Crippen LogP contribution is 2.25. The van der Waals surface area contributed by atoms with Crippen LogP contribution in [0.5, 0.6) is 0 Å². The molecule has 1 aliphatic carbocycles. The van der Waals surface area contributed by atoms with Gasteiger partial charge in [-0.3, -0.25) is 19.7 Å². The molecule has 1 saturated carbocycles. The normalized spacial score (nSPS) is 15.1. The molecule has 0 radical (unpaired) electrons. The van der Waals surface area contributed by atoms with Crippen molar-refractivity contribution in [3.63, 3.8) is 0 Å². The molecule has 0 unspecified atom stereocenters. The first kappa shape index (κ1) is 15.2. The van der Waals surface area contributed by atoms with Crippen LogP contribution in [0.3, 0.4) is 0 Å². The molecule has 0 saturated heterocycles. The van der Waals surface area contributed by atoms with Gasteiger partial charge in [0.2, 0.25) is 5.91 Å². The first-order chi connectivity index (χ1) is 9.88. The first-order valence-electron chi connectivity index (χ1n) is 6.43. The maximum absolute atomic E-state index is 12.0. The van der Waals surface area contributed by atoms with Gasteiger partial charge < -0.3 is 10.6 Å². The number of carbonyl (C=O) groups excluding carboxylic acids is 2. The number of hydrogen-bond acceptors (Lipinski definition) is 4. The number of nitrogens with one attached hydrogen (secondary N) is 2. The Morgan fingerprint density at radius 2 is 2.10 bits per heavy atom. The van der Waals surface area contributed by atoms with Crippen LogP contribution < -0.4 is 10.6 Å². The van der Waals surface area contributed by atoms with Crippen molar-refractivity contribution >= 4 is 29.1 Å². The van der Waals surface area contributed by atoms with Crippen LogP contribution in [0.4, 0.5) is 5.69 Å². The van der Waals surface area contributed by atoms with Gasteiger partial charge in [0.1, 0.15) is 11.1 Å². The zero-order chi connectivity index (χ0) is 15.6. The number of rotatable bonds is 5. The summed E-state index contributed by atoms with van der Waals surface area (Å²) in [4.78, 5) is 33.8. The third-order valence-electron chi connectivity index (χ3n) is 3.07. The van der Waals surface area contributed by atoms with E-state index >= 15 is 0 Å². The minimum Gasteiger partial charge on any atom is -0.352 e. The van der Waals surface area contributed by atoms with E-state index < -0.39 is 16.9 Å². The Hall–Kier alpha value is -2.15. The monoisotopic (exact) mass is 311 g/mol. The van der Waals surface area contributed by atoms with Crippen molar-refractivity contribution in [3.05, 3.63) is 38.9 Å². The van der Waals surface area contributed by atoms with Gasteiger partial charge in [0, 0.05) is 17.7 Å². The van der Waals surface area contributed by atoms with E-state index in [0.29, 0.717) is 0 Å². The third kappa shape index (κ3) is 3.91. The van der Waals surface area contributed by atoms with Crippen LogP contribution in [0.2, 0.25) is 5.02 Å². The number of benzene rings is 1. The minimum absolute atomic E-state index is 0.0453. The molecule has 112 valence electrons. The van der Waals surface area contributed by atoms with Gasteiger partial charge in [-0.25, -0.2) is 0 Å². The lowest BCUT2D eigenvalue weighted by molar-refractivity contribution is -0.384. The molecule has 1 aromatic rings. The summed E-state index contributed by atoms with van der Waals surface area (Å²) < 4.78 is 0. The van der Waals surface area contributed by atoms with Crippen LogP contribution in [-0.2, 0) is 4.79 Å². The van der Waals surface area contributed by atoms with E-state index in [1.54, 1.807) is 6.92 Å². The predicted octanol–water partition coefficient (Wildman–Crippen LogP) is 1.65. The third-order valence-corrected chi connectivity index (χ3v) is 3.39. The minimum atomic E-state index is -0.715. The molecule has 1 atom stereocenters. The second kappa shape index (κ2) is 6.09. The highest BCUT2D eigenvalue weighted by Gasteiger charge is 2.26. The van der Waals surface area contributed by atoms with Crippen molar-refractivity contribution in [2.45, 2.75) is 31.8 Å². The number of nitro benzene ring substituents is 1. The summed E-state index contributed by atoms with van der Waals surface area (Å²) in [5.74, 6) is -0.831. The highest BCUT2D eigenvalue weighted by molar-refractivity contribution is 6.32. The Morgan fingerprint density at radius 3 is 2.67 bits per heavy atom. The molecule has 1 aliphatic rings. The van der Waals surface area contributed by atoms with E-state index in [1.807, 2.05) is 0 Å².